The molecule has 1 fully saturated rings. The van der Waals surface area contributed by atoms with Gasteiger partial charge in [-0.1, -0.05) is 12.8 Å². The number of hydrogen-bond donors (Lipinski definition) is 1. The van der Waals surface area contributed by atoms with Gasteiger partial charge in [-0.3, -0.25) is 0 Å². The van der Waals surface area contributed by atoms with Crippen LogP contribution in [0.5, 0.6) is 0 Å². The smallest absolute Gasteiger partial charge is 0.125 e. The first kappa shape index (κ1) is 13.0. The minimum absolute atomic E-state index is 0.341. The Hall–Kier alpha value is -0.480. The van der Waals surface area contributed by atoms with Gasteiger partial charge in [0.25, 0.3) is 0 Å². The maximum Gasteiger partial charge on any atom is 0.125 e. The van der Waals surface area contributed by atoms with Crippen molar-refractivity contribution in [1.82, 2.24) is 14.9 Å². The topological polar surface area (TPSA) is 29.9 Å². The molecule has 1 aliphatic rings. The van der Waals surface area contributed by atoms with Crippen LogP contribution in [-0.2, 0) is 7.05 Å². The zero-order chi connectivity index (χ0) is 12.3. The van der Waals surface area contributed by atoms with Crippen molar-refractivity contribution < 1.29 is 0 Å². The highest BCUT2D eigenvalue weighted by Crippen LogP contribution is 2.28. The van der Waals surface area contributed by atoms with Crippen molar-refractivity contribution in [2.45, 2.75) is 49.9 Å². The second-order valence-corrected chi connectivity index (χ2v) is 6.03. The lowest BCUT2D eigenvalue weighted by atomic mass is 9.94. The summed E-state index contributed by atoms with van der Waals surface area (Å²) in [6.07, 6.45) is 11.5. The fourth-order valence-corrected chi connectivity index (χ4v) is 3.71. The Morgan fingerprint density at radius 2 is 2.24 bits per heavy atom. The molecule has 1 heterocycles. The molecule has 0 saturated heterocycles. The molecule has 0 bridgehead atoms. The summed E-state index contributed by atoms with van der Waals surface area (Å²) in [6, 6.07) is 0.984. The Balaban J connectivity index is 1.97. The number of nitrogens with one attached hydrogen (secondary N) is 1. The van der Waals surface area contributed by atoms with E-state index < -0.39 is 0 Å². The number of thioether (sulfide) groups is 1. The first-order valence-corrected chi connectivity index (χ1v) is 7.77. The average molecular weight is 253 g/mol. The van der Waals surface area contributed by atoms with Crippen molar-refractivity contribution in [3.8, 4) is 0 Å². The molecular formula is C13H23N3S. The predicted molar refractivity (Wildman–Crippen MR) is 74.3 cm³/mol. The molecule has 0 amide bonds. The summed E-state index contributed by atoms with van der Waals surface area (Å²) in [5, 5.41) is 4.53. The molecule has 1 aliphatic carbocycles. The molecule has 1 saturated carbocycles. The van der Waals surface area contributed by atoms with Crippen LogP contribution in [0.25, 0.3) is 0 Å². The van der Waals surface area contributed by atoms with E-state index in [1.165, 1.54) is 25.7 Å². The van der Waals surface area contributed by atoms with Crippen molar-refractivity contribution in [3.63, 3.8) is 0 Å². The van der Waals surface area contributed by atoms with E-state index in [2.05, 4.69) is 35.1 Å². The lowest BCUT2D eigenvalue weighted by molar-refractivity contribution is 0.348. The van der Waals surface area contributed by atoms with Gasteiger partial charge in [0.1, 0.15) is 5.82 Å². The van der Waals surface area contributed by atoms with E-state index in [4.69, 9.17) is 0 Å². The standard InChI is InChI=1S/C13H23N3S/c1-10(13-14-8-9-16(13)2)15-11-6-4-5-7-12(11)17-3/h8-12,15H,4-7H2,1-3H3. The van der Waals surface area contributed by atoms with E-state index >= 15 is 0 Å². The van der Waals surface area contributed by atoms with Crippen molar-refractivity contribution in [3.05, 3.63) is 18.2 Å². The third kappa shape index (κ3) is 3.05. The summed E-state index contributed by atoms with van der Waals surface area (Å²) in [7, 11) is 2.06. The number of rotatable bonds is 4. The summed E-state index contributed by atoms with van der Waals surface area (Å²) < 4.78 is 2.11. The van der Waals surface area contributed by atoms with Gasteiger partial charge in [0.05, 0.1) is 6.04 Å². The SMILES string of the molecule is CSC1CCCCC1NC(C)c1nccn1C. The molecule has 3 atom stereocenters. The van der Waals surface area contributed by atoms with Gasteiger partial charge in [-0.05, 0) is 26.0 Å². The minimum Gasteiger partial charge on any atom is -0.337 e. The zero-order valence-electron chi connectivity index (χ0n) is 11.0. The van der Waals surface area contributed by atoms with Gasteiger partial charge in [-0.25, -0.2) is 4.98 Å². The zero-order valence-corrected chi connectivity index (χ0v) is 11.8. The first-order chi connectivity index (χ1) is 8.22. The molecule has 96 valence electrons. The quantitative estimate of drug-likeness (QED) is 0.895. The Bertz CT molecular complexity index is 350. The fraction of sp³-hybridized carbons (Fsp3) is 0.769. The van der Waals surface area contributed by atoms with Crippen LogP contribution in [0.2, 0.25) is 0 Å². The van der Waals surface area contributed by atoms with Gasteiger partial charge in [0.2, 0.25) is 0 Å². The molecule has 0 aromatic carbocycles. The average Bonchev–Trinajstić information content (AvgIpc) is 2.76. The van der Waals surface area contributed by atoms with Gasteiger partial charge >= 0.3 is 0 Å². The van der Waals surface area contributed by atoms with E-state index in [0.29, 0.717) is 12.1 Å². The second-order valence-electron chi connectivity index (χ2n) is 4.95. The largest absolute Gasteiger partial charge is 0.337 e. The van der Waals surface area contributed by atoms with Crippen LogP contribution in [0.4, 0.5) is 0 Å². The maximum atomic E-state index is 4.43. The molecule has 0 aliphatic heterocycles. The molecule has 1 N–H and O–H groups in total. The van der Waals surface area contributed by atoms with Gasteiger partial charge in [0, 0.05) is 30.7 Å². The summed E-state index contributed by atoms with van der Waals surface area (Å²) in [5.74, 6) is 1.13. The number of aromatic nitrogens is 2. The number of nitrogens with zero attached hydrogens (tertiary/aromatic N) is 2. The summed E-state index contributed by atoms with van der Waals surface area (Å²) >= 11 is 2.01. The fourth-order valence-electron chi connectivity index (χ4n) is 2.76. The normalized spacial score (nSPS) is 27.0. The molecule has 3 nitrogen and oxygen atoms in total. The number of aryl methyl sites for hydroxylation is 1. The van der Waals surface area contributed by atoms with E-state index in [1.807, 2.05) is 24.2 Å². The summed E-state index contributed by atoms with van der Waals surface area (Å²) in [6.45, 7) is 2.22. The monoisotopic (exact) mass is 253 g/mol. The van der Waals surface area contributed by atoms with E-state index in [-0.39, 0.29) is 0 Å². The molecule has 1 aromatic heterocycles. The van der Waals surface area contributed by atoms with Crippen LogP contribution in [0.15, 0.2) is 12.4 Å². The molecule has 1 aromatic rings. The Kier molecular flexibility index (Phi) is 4.51. The second kappa shape index (κ2) is 5.91. The van der Waals surface area contributed by atoms with Crippen LogP contribution in [0.3, 0.4) is 0 Å². The Labute approximate surface area is 108 Å². The van der Waals surface area contributed by atoms with Crippen molar-refractivity contribution >= 4 is 11.8 Å². The summed E-state index contributed by atoms with van der Waals surface area (Å²) in [5.41, 5.74) is 0. The van der Waals surface area contributed by atoms with Gasteiger partial charge < -0.3 is 9.88 Å². The van der Waals surface area contributed by atoms with Gasteiger partial charge in [0.15, 0.2) is 0 Å². The van der Waals surface area contributed by atoms with Crippen LogP contribution in [0, 0.1) is 0 Å². The summed E-state index contributed by atoms with van der Waals surface area (Å²) in [4.78, 5) is 4.43. The lowest BCUT2D eigenvalue weighted by Crippen LogP contribution is -2.42. The van der Waals surface area contributed by atoms with Crippen molar-refractivity contribution in [2.24, 2.45) is 7.05 Å². The van der Waals surface area contributed by atoms with Crippen molar-refractivity contribution in [1.29, 1.82) is 0 Å². The Morgan fingerprint density at radius 1 is 1.47 bits per heavy atom. The molecule has 2 rings (SSSR count). The lowest BCUT2D eigenvalue weighted by Gasteiger charge is -2.33. The predicted octanol–water partition coefficient (Wildman–Crippen LogP) is 2.74. The molecule has 4 heteroatoms. The third-order valence-electron chi connectivity index (χ3n) is 3.72. The highest BCUT2D eigenvalue weighted by atomic mass is 32.2. The van der Waals surface area contributed by atoms with Crippen molar-refractivity contribution in [2.75, 3.05) is 6.26 Å². The van der Waals surface area contributed by atoms with E-state index in [9.17, 15) is 0 Å². The first-order valence-electron chi connectivity index (χ1n) is 6.48. The van der Waals surface area contributed by atoms with E-state index in [0.717, 1.165) is 11.1 Å². The van der Waals surface area contributed by atoms with Crippen LogP contribution < -0.4 is 5.32 Å². The molecule has 0 spiro atoms. The molecular weight excluding hydrogens is 230 g/mol. The van der Waals surface area contributed by atoms with Crippen LogP contribution in [-0.4, -0.2) is 27.1 Å². The molecule has 3 unspecified atom stereocenters. The van der Waals surface area contributed by atoms with Gasteiger partial charge in [-0.2, -0.15) is 11.8 Å². The number of imidazole rings is 1. The van der Waals surface area contributed by atoms with E-state index in [1.54, 1.807) is 0 Å². The molecule has 0 radical (unpaired) electrons. The van der Waals surface area contributed by atoms with Gasteiger partial charge in [-0.15, -0.1) is 0 Å². The van der Waals surface area contributed by atoms with Crippen LogP contribution >= 0.6 is 11.8 Å². The third-order valence-corrected chi connectivity index (χ3v) is 4.88. The minimum atomic E-state index is 0.341. The Morgan fingerprint density at radius 3 is 2.88 bits per heavy atom. The highest BCUT2D eigenvalue weighted by Gasteiger charge is 2.26. The van der Waals surface area contributed by atoms with Crippen LogP contribution in [0.1, 0.15) is 44.5 Å². The maximum absolute atomic E-state index is 4.43. The molecule has 17 heavy (non-hydrogen) atoms. The number of hydrogen-bond acceptors (Lipinski definition) is 3. The highest BCUT2D eigenvalue weighted by molar-refractivity contribution is 7.99.